The summed E-state index contributed by atoms with van der Waals surface area (Å²) in [5, 5.41) is 3.16. The van der Waals surface area contributed by atoms with Crippen molar-refractivity contribution in [1.82, 2.24) is 9.97 Å². The van der Waals surface area contributed by atoms with Gasteiger partial charge in [0.25, 0.3) is 0 Å². The predicted molar refractivity (Wildman–Crippen MR) is 104 cm³/mol. The fraction of sp³-hybridized carbons (Fsp3) is 0.318. The van der Waals surface area contributed by atoms with E-state index in [2.05, 4.69) is 53.4 Å². The smallest absolute Gasteiger partial charge is 0.223 e. The van der Waals surface area contributed by atoms with Crippen molar-refractivity contribution < 1.29 is 9.21 Å². The van der Waals surface area contributed by atoms with Gasteiger partial charge >= 0.3 is 0 Å². The van der Waals surface area contributed by atoms with Gasteiger partial charge in [0.1, 0.15) is 5.76 Å². The fourth-order valence-corrected chi connectivity index (χ4v) is 3.50. The lowest BCUT2D eigenvalue weighted by molar-refractivity contribution is 0.0962. The number of rotatable bonds is 5. The van der Waals surface area contributed by atoms with Crippen molar-refractivity contribution in [3.8, 4) is 0 Å². The molecule has 4 rings (SSSR count). The van der Waals surface area contributed by atoms with Crippen molar-refractivity contribution in [1.29, 1.82) is 0 Å². The van der Waals surface area contributed by atoms with Gasteiger partial charge in [-0.05, 0) is 41.5 Å². The van der Waals surface area contributed by atoms with E-state index < -0.39 is 0 Å². The Kier molecular flexibility index (Phi) is 4.75. The Bertz CT molecular complexity index is 931. The summed E-state index contributed by atoms with van der Waals surface area (Å²) in [6.07, 6.45) is 4.54. The summed E-state index contributed by atoms with van der Waals surface area (Å²) in [7, 11) is 0. The van der Waals surface area contributed by atoms with Crippen molar-refractivity contribution in [2.45, 2.75) is 45.1 Å². The van der Waals surface area contributed by atoms with E-state index in [0.717, 1.165) is 17.9 Å². The molecule has 2 aromatic heterocycles. The van der Waals surface area contributed by atoms with Crippen LogP contribution in [0.15, 0.2) is 53.3 Å². The van der Waals surface area contributed by atoms with Crippen LogP contribution in [0.5, 0.6) is 0 Å². The Morgan fingerprint density at radius 2 is 2.00 bits per heavy atom. The van der Waals surface area contributed by atoms with Crippen LogP contribution in [-0.2, 0) is 13.0 Å². The van der Waals surface area contributed by atoms with Crippen LogP contribution in [0.3, 0.4) is 0 Å². The second kappa shape index (κ2) is 7.35. The number of Topliss-reactive ketones (excluding diaryl/α,β-unsaturated/α-hetero) is 1. The van der Waals surface area contributed by atoms with Gasteiger partial charge in [0.05, 0.1) is 24.1 Å². The quantitative estimate of drug-likeness (QED) is 0.712. The first-order valence-electron chi connectivity index (χ1n) is 9.35. The lowest BCUT2D eigenvalue weighted by atomic mass is 9.81. The number of aromatic nitrogens is 2. The standard InChI is InChI=1S/C22H23N3O2/c1-14(2)15-5-7-16(8-6-15)17-10-20-19(21(26)11-17)13-24-22(25-20)23-12-18-4-3-9-27-18/h3-9,13-14,17H,10-12H2,1-2H3,(H,23,24,25)/t17-/m1/s1. The number of nitrogens with zero attached hydrogens (tertiary/aromatic N) is 2. The summed E-state index contributed by atoms with van der Waals surface area (Å²) in [6.45, 7) is 4.88. The van der Waals surface area contributed by atoms with E-state index in [1.165, 1.54) is 11.1 Å². The molecule has 0 fully saturated rings. The van der Waals surface area contributed by atoms with Crippen LogP contribution < -0.4 is 5.32 Å². The third-order valence-corrected chi connectivity index (χ3v) is 5.12. The minimum atomic E-state index is 0.117. The Morgan fingerprint density at radius 3 is 2.70 bits per heavy atom. The van der Waals surface area contributed by atoms with Crippen LogP contribution in [-0.4, -0.2) is 15.8 Å². The van der Waals surface area contributed by atoms with Gasteiger partial charge in [-0.25, -0.2) is 9.97 Å². The lowest BCUT2D eigenvalue weighted by Gasteiger charge is -2.23. The number of carbonyl (C=O) groups excluding carboxylic acids is 1. The highest BCUT2D eigenvalue weighted by molar-refractivity contribution is 5.98. The molecule has 5 nitrogen and oxygen atoms in total. The van der Waals surface area contributed by atoms with Crippen LogP contribution in [0.25, 0.3) is 0 Å². The van der Waals surface area contributed by atoms with Crippen molar-refractivity contribution in [2.24, 2.45) is 0 Å². The number of carbonyl (C=O) groups is 1. The summed E-state index contributed by atoms with van der Waals surface area (Å²) in [5.41, 5.74) is 3.98. The summed E-state index contributed by atoms with van der Waals surface area (Å²) < 4.78 is 5.31. The lowest BCUT2D eigenvalue weighted by Crippen LogP contribution is -2.21. The van der Waals surface area contributed by atoms with E-state index in [1.807, 2.05) is 12.1 Å². The van der Waals surface area contributed by atoms with E-state index in [0.29, 0.717) is 30.4 Å². The Labute approximate surface area is 158 Å². The Hall–Kier alpha value is -2.95. The molecule has 1 aromatic carbocycles. The number of ketones is 1. The van der Waals surface area contributed by atoms with Crippen molar-refractivity contribution in [3.63, 3.8) is 0 Å². The minimum Gasteiger partial charge on any atom is -0.467 e. The summed E-state index contributed by atoms with van der Waals surface area (Å²) >= 11 is 0. The molecule has 1 N–H and O–H groups in total. The average molecular weight is 361 g/mol. The first kappa shape index (κ1) is 17.5. The van der Waals surface area contributed by atoms with Crippen molar-refractivity contribution in [2.75, 3.05) is 5.32 Å². The highest BCUT2D eigenvalue weighted by Crippen LogP contribution is 2.32. The molecule has 0 aliphatic heterocycles. The van der Waals surface area contributed by atoms with Crippen LogP contribution in [0.1, 0.15) is 65.0 Å². The molecule has 0 spiro atoms. The van der Waals surface area contributed by atoms with E-state index in [4.69, 9.17) is 4.42 Å². The number of nitrogens with one attached hydrogen (secondary N) is 1. The first-order valence-corrected chi connectivity index (χ1v) is 9.35. The second-order valence-electron chi connectivity index (χ2n) is 7.34. The molecule has 0 saturated carbocycles. The zero-order valence-electron chi connectivity index (χ0n) is 15.6. The fourth-order valence-electron chi connectivity index (χ4n) is 3.50. The minimum absolute atomic E-state index is 0.117. The van der Waals surface area contributed by atoms with Gasteiger partial charge in [0.15, 0.2) is 5.78 Å². The van der Waals surface area contributed by atoms with E-state index in [-0.39, 0.29) is 11.7 Å². The van der Waals surface area contributed by atoms with Gasteiger partial charge < -0.3 is 9.73 Å². The van der Waals surface area contributed by atoms with Gasteiger partial charge in [-0.1, -0.05) is 38.1 Å². The normalized spacial score (nSPS) is 16.4. The van der Waals surface area contributed by atoms with Gasteiger partial charge in [0, 0.05) is 12.6 Å². The first-order chi connectivity index (χ1) is 13.1. The van der Waals surface area contributed by atoms with Gasteiger partial charge in [-0.2, -0.15) is 0 Å². The number of fused-ring (bicyclic) bond motifs is 1. The molecule has 0 amide bonds. The predicted octanol–water partition coefficient (Wildman–Crippen LogP) is 4.72. The summed E-state index contributed by atoms with van der Waals surface area (Å²) in [6, 6.07) is 12.4. The number of hydrogen-bond acceptors (Lipinski definition) is 5. The van der Waals surface area contributed by atoms with Gasteiger partial charge in [-0.3, -0.25) is 4.79 Å². The largest absolute Gasteiger partial charge is 0.467 e. The highest BCUT2D eigenvalue weighted by Gasteiger charge is 2.28. The molecule has 1 aliphatic carbocycles. The zero-order chi connectivity index (χ0) is 18.8. The topological polar surface area (TPSA) is 68.0 Å². The second-order valence-corrected chi connectivity index (χ2v) is 7.34. The van der Waals surface area contributed by atoms with Crippen LogP contribution in [0.4, 0.5) is 5.95 Å². The Morgan fingerprint density at radius 1 is 1.19 bits per heavy atom. The molecule has 5 heteroatoms. The molecule has 0 radical (unpaired) electrons. The maximum Gasteiger partial charge on any atom is 0.223 e. The van der Waals surface area contributed by atoms with Crippen molar-refractivity contribution in [3.05, 3.63) is 77.0 Å². The Balaban J connectivity index is 1.52. The SMILES string of the molecule is CC(C)c1ccc([C@H]2CC(=O)c3cnc(NCc4ccco4)nc3C2)cc1. The molecular weight excluding hydrogens is 338 g/mol. The molecule has 1 atom stereocenters. The summed E-state index contributed by atoms with van der Waals surface area (Å²) in [4.78, 5) is 21.5. The molecule has 0 unspecified atom stereocenters. The number of benzene rings is 1. The summed E-state index contributed by atoms with van der Waals surface area (Å²) in [5.74, 6) is 2.12. The maximum atomic E-state index is 12.6. The zero-order valence-corrected chi connectivity index (χ0v) is 15.6. The molecule has 0 saturated heterocycles. The van der Waals surface area contributed by atoms with Crippen molar-refractivity contribution >= 4 is 11.7 Å². The molecule has 27 heavy (non-hydrogen) atoms. The average Bonchev–Trinajstić information content (AvgIpc) is 3.20. The van der Waals surface area contributed by atoms with Gasteiger partial charge in [-0.15, -0.1) is 0 Å². The molecule has 3 aromatic rings. The number of anilines is 1. The van der Waals surface area contributed by atoms with Crippen LogP contribution in [0.2, 0.25) is 0 Å². The molecule has 138 valence electrons. The maximum absolute atomic E-state index is 12.6. The monoisotopic (exact) mass is 361 g/mol. The molecule has 1 aliphatic rings. The van der Waals surface area contributed by atoms with E-state index in [1.54, 1.807) is 12.5 Å². The van der Waals surface area contributed by atoms with Crippen LogP contribution in [0, 0.1) is 0 Å². The third kappa shape index (κ3) is 3.77. The van der Waals surface area contributed by atoms with Gasteiger partial charge in [0.2, 0.25) is 5.95 Å². The van der Waals surface area contributed by atoms with E-state index >= 15 is 0 Å². The molecule has 2 heterocycles. The third-order valence-electron chi connectivity index (χ3n) is 5.12. The molecular formula is C22H23N3O2. The number of furan rings is 1. The van der Waals surface area contributed by atoms with E-state index in [9.17, 15) is 4.79 Å². The highest BCUT2D eigenvalue weighted by atomic mass is 16.3. The molecule has 0 bridgehead atoms. The number of hydrogen-bond donors (Lipinski definition) is 1. The van der Waals surface area contributed by atoms with Crippen LogP contribution >= 0.6 is 0 Å².